The Balaban J connectivity index is 1.78. The van der Waals surface area contributed by atoms with Gasteiger partial charge in [0.15, 0.2) is 5.65 Å². The third-order valence-corrected chi connectivity index (χ3v) is 3.34. The molecule has 0 fully saturated rings. The number of benzene rings is 1. The minimum atomic E-state index is 0.838. The van der Waals surface area contributed by atoms with E-state index in [4.69, 9.17) is 0 Å². The van der Waals surface area contributed by atoms with Crippen molar-refractivity contribution in [1.82, 2.24) is 19.7 Å². The molecule has 0 saturated carbocycles. The number of nitrogens with one attached hydrogen (secondary N) is 1. The smallest absolute Gasteiger partial charge is 0.163 e. The summed E-state index contributed by atoms with van der Waals surface area (Å²) in [6, 6.07) is 10.4. The average molecular weight is 267 g/mol. The lowest BCUT2D eigenvalue weighted by molar-refractivity contribution is 0.773. The van der Waals surface area contributed by atoms with Crippen LogP contribution in [0, 0.1) is 6.92 Å². The Morgan fingerprint density at radius 1 is 1.15 bits per heavy atom. The van der Waals surface area contributed by atoms with Crippen molar-refractivity contribution in [2.45, 2.75) is 13.3 Å². The normalized spacial score (nSPS) is 10.9. The lowest BCUT2D eigenvalue weighted by Gasteiger charge is -2.06. The second kappa shape index (κ2) is 5.28. The predicted octanol–water partition coefficient (Wildman–Crippen LogP) is 2.33. The Labute approximate surface area is 117 Å². The largest absolute Gasteiger partial charge is 0.369 e. The first-order valence-electron chi connectivity index (χ1n) is 6.68. The molecule has 0 aliphatic carbocycles. The van der Waals surface area contributed by atoms with Crippen LogP contribution in [0.3, 0.4) is 0 Å². The Bertz CT molecular complexity index is 718. The summed E-state index contributed by atoms with van der Waals surface area (Å²) in [5.41, 5.74) is 3.12. The van der Waals surface area contributed by atoms with Gasteiger partial charge in [0.1, 0.15) is 12.1 Å². The van der Waals surface area contributed by atoms with Crippen LogP contribution >= 0.6 is 0 Å². The Morgan fingerprint density at radius 2 is 1.95 bits per heavy atom. The van der Waals surface area contributed by atoms with Gasteiger partial charge in [-0.15, -0.1) is 0 Å². The molecule has 0 aliphatic heterocycles. The van der Waals surface area contributed by atoms with Crippen LogP contribution in [0.5, 0.6) is 0 Å². The standard InChI is InChI=1S/C15H17N5/c1-11-13-14(17-10-18-15(13)20(2)19-11)16-9-8-12-6-4-3-5-7-12/h3-7,10H,8-9H2,1-2H3,(H,16,17,18). The fourth-order valence-electron chi connectivity index (χ4n) is 2.38. The number of anilines is 1. The van der Waals surface area contributed by atoms with Gasteiger partial charge in [0.25, 0.3) is 0 Å². The molecule has 5 heteroatoms. The second-order valence-electron chi connectivity index (χ2n) is 4.79. The summed E-state index contributed by atoms with van der Waals surface area (Å²) in [6.07, 6.45) is 2.54. The van der Waals surface area contributed by atoms with Crippen LogP contribution in [0.4, 0.5) is 5.82 Å². The van der Waals surface area contributed by atoms with E-state index in [1.807, 2.05) is 20.0 Å². The van der Waals surface area contributed by atoms with Gasteiger partial charge in [-0.05, 0) is 18.9 Å². The molecule has 20 heavy (non-hydrogen) atoms. The molecule has 102 valence electrons. The van der Waals surface area contributed by atoms with Crippen molar-refractivity contribution in [3.8, 4) is 0 Å². The van der Waals surface area contributed by atoms with Gasteiger partial charge in [0.2, 0.25) is 0 Å². The fourth-order valence-corrected chi connectivity index (χ4v) is 2.38. The molecule has 2 aromatic heterocycles. The lowest BCUT2D eigenvalue weighted by atomic mass is 10.1. The van der Waals surface area contributed by atoms with E-state index in [1.165, 1.54) is 5.56 Å². The number of rotatable bonds is 4. The molecule has 0 unspecified atom stereocenters. The molecule has 5 nitrogen and oxygen atoms in total. The number of hydrogen-bond acceptors (Lipinski definition) is 4. The Morgan fingerprint density at radius 3 is 2.75 bits per heavy atom. The van der Waals surface area contributed by atoms with Gasteiger partial charge in [0.05, 0.1) is 11.1 Å². The summed E-state index contributed by atoms with van der Waals surface area (Å²) < 4.78 is 1.79. The maximum atomic E-state index is 4.39. The molecule has 0 amide bonds. The minimum absolute atomic E-state index is 0.838. The predicted molar refractivity (Wildman–Crippen MR) is 79.7 cm³/mol. The number of hydrogen-bond donors (Lipinski definition) is 1. The summed E-state index contributed by atoms with van der Waals surface area (Å²) in [6.45, 7) is 2.82. The molecule has 2 heterocycles. The lowest BCUT2D eigenvalue weighted by Crippen LogP contribution is -2.07. The number of aromatic nitrogens is 4. The summed E-state index contributed by atoms with van der Waals surface area (Å²) in [4.78, 5) is 8.61. The summed E-state index contributed by atoms with van der Waals surface area (Å²) in [5, 5.41) is 8.78. The van der Waals surface area contributed by atoms with E-state index in [0.717, 1.165) is 35.5 Å². The molecule has 3 aromatic rings. The zero-order valence-electron chi connectivity index (χ0n) is 11.7. The van der Waals surface area contributed by atoms with E-state index in [1.54, 1.807) is 11.0 Å². The molecule has 0 radical (unpaired) electrons. The van der Waals surface area contributed by atoms with Crippen molar-refractivity contribution >= 4 is 16.9 Å². The monoisotopic (exact) mass is 267 g/mol. The summed E-state index contributed by atoms with van der Waals surface area (Å²) >= 11 is 0. The molecule has 0 aliphatic rings. The topological polar surface area (TPSA) is 55.6 Å². The summed E-state index contributed by atoms with van der Waals surface area (Å²) in [5.74, 6) is 0.858. The second-order valence-corrected chi connectivity index (χ2v) is 4.79. The summed E-state index contributed by atoms with van der Waals surface area (Å²) in [7, 11) is 1.90. The molecule has 0 bridgehead atoms. The van der Waals surface area contributed by atoms with Gasteiger partial charge in [-0.2, -0.15) is 5.10 Å². The van der Waals surface area contributed by atoms with Crippen molar-refractivity contribution in [3.05, 3.63) is 47.9 Å². The van der Waals surface area contributed by atoms with Gasteiger partial charge in [-0.1, -0.05) is 30.3 Å². The van der Waals surface area contributed by atoms with Crippen LogP contribution in [0.1, 0.15) is 11.3 Å². The van der Waals surface area contributed by atoms with Crippen LogP contribution in [0.15, 0.2) is 36.7 Å². The van der Waals surface area contributed by atoms with E-state index in [0.29, 0.717) is 0 Å². The Hall–Kier alpha value is -2.43. The van der Waals surface area contributed by atoms with Crippen LogP contribution in [-0.4, -0.2) is 26.3 Å². The molecular weight excluding hydrogens is 250 g/mol. The molecule has 3 rings (SSSR count). The van der Waals surface area contributed by atoms with Gasteiger partial charge >= 0.3 is 0 Å². The first-order valence-corrected chi connectivity index (χ1v) is 6.68. The molecule has 0 spiro atoms. The maximum absolute atomic E-state index is 4.39. The van der Waals surface area contributed by atoms with Crippen LogP contribution in [0.25, 0.3) is 11.0 Å². The number of nitrogens with zero attached hydrogens (tertiary/aromatic N) is 4. The van der Waals surface area contributed by atoms with Crippen molar-refractivity contribution in [2.75, 3.05) is 11.9 Å². The highest BCUT2D eigenvalue weighted by Gasteiger charge is 2.11. The highest BCUT2D eigenvalue weighted by molar-refractivity contribution is 5.89. The highest BCUT2D eigenvalue weighted by atomic mass is 15.3. The minimum Gasteiger partial charge on any atom is -0.369 e. The van der Waals surface area contributed by atoms with Crippen molar-refractivity contribution in [2.24, 2.45) is 7.05 Å². The van der Waals surface area contributed by atoms with Gasteiger partial charge < -0.3 is 5.32 Å². The number of aryl methyl sites for hydroxylation is 2. The molecule has 1 N–H and O–H groups in total. The van der Waals surface area contributed by atoms with E-state index in [9.17, 15) is 0 Å². The van der Waals surface area contributed by atoms with Crippen molar-refractivity contribution in [1.29, 1.82) is 0 Å². The zero-order chi connectivity index (χ0) is 13.9. The highest BCUT2D eigenvalue weighted by Crippen LogP contribution is 2.21. The third-order valence-electron chi connectivity index (χ3n) is 3.34. The van der Waals surface area contributed by atoms with Crippen molar-refractivity contribution in [3.63, 3.8) is 0 Å². The van der Waals surface area contributed by atoms with E-state index >= 15 is 0 Å². The SMILES string of the molecule is Cc1nn(C)c2ncnc(NCCc3ccccc3)c12. The first-order chi connectivity index (χ1) is 9.75. The van der Waals surface area contributed by atoms with Crippen LogP contribution in [0.2, 0.25) is 0 Å². The molecular formula is C15H17N5. The quantitative estimate of drug-likeness (QED) is 0.788. The third kappa shape index (κ3) is 2.34. The molecule has 0 saturated heterocycles. The average Bonchev–Trinajstić information content (AvgIpc) is 2.76. The Kier molecular flexibility index (Phi) is 3.33. The van der Waals surface area contributed by atoms with Crippen LogP contribution < -0.4 is 5.32 Å². The van der Waals surface area contributed by atoms with Gasteiger partial charge in [-0.25, -0.2) is 9.97 Å². The van der Waals surface area contributed by atoms with Gasteiger partial charge in [-0.3, -0.25) is 4.68 Å². The fraction of sp³-hybridized carbons (Fsp3) is 0.267. The number of fused-ring (bicyclic) bond motifs is 1. The zero-order valence-corrected chi connectivity index (χ0v) is 11.7. The van der Waals surface area contributed by atoms with Crippen LogP contribution in [-0.2, 0) is 13.5 Å². The van der Waals surface area contributed by atoms with Crippen molar-refractivity contribution < 1.29 is 0 Å². The van der Waals surface area contributed by atoms with Gasteiger partial charge in [0, 0.05) is 13.6 Å². The van der Waals surface area contributed by atoms with E-state index in [2.05, 4.69) is 44.6 Å². The first kappa shape index (κ1) is 12.6. The van der Waals surface area contributed by atoms with E-state index in [-0.39, 0.29) is 0 Å². The van der Waals surface area contributed by atoms with E-state index < -0.39 is 0 Å². The molecule has 1 aromatic carbocycles. The maximum Gasteiger partial charge on any atom is 0.163 e. The molecule has 0 atom stereocenters.